The maximum absolute atomic E-state index is 11.9. The molecule has 0 aromatic rings. The van der Waals surface area contributed by atoms with E-state index in [1.54, 1.807) is 6.92 Å². The van der Waals surface area contributed by atoms with Crippen molar-refractivity contribution < 1.29 is 13.2 Å². The molecule has 112 valence electrons. The van der Waals surface area contributed by atoms with Crippen LogP contribution < -0.4 is 11.1 Å². The zero-order valence-corrected chi connectivity index (χ0v) is 12.5. The van der Waals surface area contributed by atoms with Crippen LogP contribution in [0.2, 0.25) is 0 Å². The van der Waals surface area contributed by atoms with Crippen molar-refractivity contribution in [1.29, 1.82) is 0 Å². The highest BCUT2D eigenvalue weighted by Crippen LogP contribution is 2.17. The van der Waals surface area contributed by atoms with Crippen LogP contribution in [0.15, 0.2) is 0 Å². The van der Waals surface area contributed by atoms with E-state index in [-0.39, 0.29) is 11.9 Å². The van der Waals surface area contributed by atoms with Gasteiger partial charge in [-0.25, -0.2) is 8.42 Å². The molecule has 1 rings (SSSR count). The summed E-state index contributed by atoms with van der Waals surface area (Å²) in [6.45, 7) is 1.94. The molecule has 0 aliphatic heterocycles. The van der Waals surface area contributed by atoms with Crippen LogP contribution in [0.3, 0.4) is 0 Å². The van der Waals surface area contributed by atoms with Gasteiger partial charge in [-0.05, 0) is 32.7 Å². The summed E-state index contributed by atoms with van der Waals surface area (Å²) in [4.78, 5) is 11.8. The predicted molar refractivity (Wildman–Crippen MR) is 76.6 cm³/mol. The summed E-state index contributed by atoms with van der Waals surface area (Å²) in [7, 11) is -3.37. The zero-order chi connectivity index (χ0) is 14.3. The molecular formula is C13H26N2O3S. The largest absolute Gasteiger partial charge is 0.352 e. The van der Waals surface area contributed by atoms with Gasteiger partial charge in [-0.3, -0.25) is 4.79 Å². The Kier molecular flexibility index (Phi) is 6.79. The number of amides is 1. The molecule has 1 saturated carbocycles. The van der Waals surface area contributed by atoms with Crippen LogP contribution in [-0.2, 0) is 14.6 Å². The minimum atomic E-state index is -3.37. The van der Waals surface area contributed by atoms with E-state index >= 15 is 0 Å². The van der Waals surface area contributed by atoms with Gasteiger partial charge in [-0.15, -0.1) is 0 Å². The molecule has 6 heteroatoms. The Morgan fingerprint density at radius 2 is 1.84 bits per heavy atom. The molecule has 1 aliphatic rings. The number of rotatable bonds is 6. The van der Waals surface area contributed by atoms with Crippen LogP contribution in [-0.4, -0.2) is 37.9 Å². The third kappa shape index (κ3) is 5.91. The second-order valence-electron chi connectivity index (χ2n) is 5.45. The number of hydrogen-bond donors (Lipinski definition) is 2. The SMILES string of the molecule is CC(CCN)S(=O)(=O)CC(=O)NC1CCCCCC1. The fourth-order valence-corrected chi connectivity index (χ4v) is 3.66. The third-order valence-corrected chi connectivity index (χ3v) is 5.87. The van der Waals surface area contributed by atoms with Crippen molar-refractivity contribution in [3.8, 4) is 0 Å². The van der Waals surface area contributed by atoms with Gasteiger partial charge in [0.05, 0.1) is 5.25 Å². The van der Waals surface area contributed by atoms with Gasteiger partial charge < -0.3 is 11.1 Å². The van der Waals surface area contributed by atoms with Gasteiger partial charge in [0.25, 0.3) is 0 Å². The second-order valence-corrected chi connectivity index (χ2v) is 7.87. The molecule has 1 aliphatic carbocycles. The van der Waals surface area contributed by atoms with Gasteiger partial charge in [0.1, 0.15) is 5.75 Å². The van der Waals surface area contributed by atoms with Crippen molar-refractivity contribution in [3.63, 3.8) is 0 Å². The van der Waals surface area contributed by atoms with Gasteiger partial charge in [0.15, 0.2) is 9.84 Å². The summed E-state index contributed by atoms with van der Waals surface area (Å²) >= 11 is 0. The Morgan fingerprint density at radius 1 is 1.26 bits per heavy atom. The molecule has 19 heavy (non-hydrogen) atoms. The second kappa shape index (κ2) is 7.85. The normalized spacial score (nSPS) is 19.7. The lowest BCUT2D eigenvalue weighted by atomic mass is 10.1. The van der Waals surface area contributed by atoms with Crippen LogP contribution in [0.25, 0.3) is 0 Å². The number of carbonyl (C=O) groups excluding carboxylic acids is 1. The van der Waals surface area contributed by atoms with E-state index in [1.165, 1.54) is 12.8 Å². The summed E-state index contributed by atoms with van der Waals surface area (Å²) < 4.78 is 23.8. The maximum atomic E-state index is 11.9. The van der Waals surface area contributed by atoms with Gasteiger partial charge in [0, 0.05) is 6.04 Å². The predicted octanol–water partition coefficient (Wildman–Crippen LogP) is 0.978. The first-order valence-electron chi connectivity index (χ1n) is 7.16. The number of nitrogens with one attached hydrogen (secondary N) is 1. The molecule has 1 unspecified atom stereocenters. The smallest absolute Gasteiger partial charge is 0.235 e. The molecule has 5 nitrogen and oxygen atoms in total. The van der Waals surface area contributed by atoms with E-state index in [1.807, 2.05) is 0 Å². The summed E-state index contributed by atoms with van der Waals surface area (Å²) in [5, 5.41) is 2.32. The minimum Gasteiger partial charge on any atom is -0.352 e. The van der Waals surface area contributed by atoms with Crippen molar-refractivity contribution >= 4 is 15.7 Å². The summed E-state index contributed by atoms with van der Waals surface area (Å²) in [6.07, 6.45) is 6.96. The minimum absolute atomic E-state index is 0.148. The molecule has 1 atom stereocenters. The standard InChI is InChI=1S/C13H26N2O3S/c1-11(8-9-14)19(17,18)10-13(16)15-12-6-4-2-3-5-7-12/h11-12H,2-10,14H2,1H3,(H,15,16). The quantitative estimate of drug-likeness (QED) is 0.714. The summed E-state index contributed by atoms with van der Waals surface area (Å²) in [6, 6.07) is 0.148. The molecule has 1 fully saturated rings. The molecule has 1 amide bonds. The molecule has 0 aromatic heterocycles. The number of hydrogen-bond acceptors (Lipinski definition) is 4. The molecular weight excluding hydrogens is 264 g/mol. The average molecular weight is 290 g/mol. The first-order chi connectivity index (χ1) is 8.95. The summed E-state index contributed by atoms with van der Waals surface area (Å²) in [5.41, 5.74) is 5.36. The molecule has 0 heterocycles. The van der Waals surface area contributed by atoms with Crippen molar-refractivity contribution in [2.45, 2.75) is 63.2 Å². The van der Waals surface area contributed by atoms with E-state index in [9.17, 15) is 13.2 Å². The Hall–Kier alpha value is -0.620. The Labute approximate surface area is 116 Å². The molecule has 0 radical (unpaired) electrons. The fourth-order valence-electron chi connectivity index (χ4n) is 2.43. The van der Waals surface area contributed by atoms with Crippen molar-refractivity contribution in [3.05, 3.63) is 0 Å². The van der Waals surface area contributed by atoms with Crippen molar-refractivity contribution in [2.75, 3.05) is 12.3 Å². The first-order valence-corrected chi connectivity index (χ1v) is 8.88. The lowest BCUT2D eigenvalue weighted by Gasteiger charge is -2.17. The van der Waals surface area contributed by atoms with Crippen LogP contribution in [0.5, 0.6) is 0 Å². The van der Waals surface area contributed by atoms with E-state index in [0.29, 0.717) is 13.0 Å². The van der Waals surface area contributed by atoms with E-state index in [4.69, 9.17) is 5.73 Å². The highest BCUT2D eigenvalue weighted by molar-refractivity contribution is 7.92. The summed E-state index contributed by atoms with van der Waals surface area (Å²) in [5.74, 6) is -0.777. The van der Waals surface area contributed by atoms with E-state index < -0.39 is 20.8 Å². The molecule has 0 bridgehead atoms. The zero-order valence-electron chi connectivity index (χ0n) is 11.7. The molecule has 3 N–H and O–H groups in total. The van der Waals surface area contributed by atoms with E-state index in [0.717, 1.165) is 25.7 Å². The number of carbonyl (C=O) groups is 1. The topological polar surface area (TPSA) is 89.3 Å². The lowest BCUT2D eigenvalue weighted by Crippen LogP contribution is -2.40. The molecule has 0 saturated heterocycles. The van der Waals surface area contributed by atoms with Crippen molar-refractivity contribution in [1.82, 2.24) is 5.32 Å². The fraction of sp³-hybridized carbons (Fsp3) is 0.923. The Balaban J connectivity index is 2.45. The average Bonchev–Trinajstić information content (AvgIpc) is 2.57. The highest BCUT2D eigenvalue weighted by Gasteiger charge is 2.25. The van der Waals surface area contributed by atoms with Gasteiger partial charge in [0.2, 0.25) is 5.91 Å². The maximum Gasteiger partial charge on any atom is 0.235 e. The molecule has 0 spiro atoms. The van der Waals surface area contributed by atoms with Crippen LogP contribution in [0.1, 0.15) is 51.9 Å². The Morgan fingerprint density at radius 3 is 2.37 bits per heavy atom. The number of sulfone groups is 1. The van der Waals surface area contributed by atoms with Crippen LogP contribution in [0.4, 0.5) is 0 Å². The lowest BCUT2D eigenvalue weighted by molar-refractivity contribution is -0.119. The monoisotopic (exact) mass is 290 g/mol. The van der Waals surface area contributed by atoms with Gasteiger partial charge in [-0.1, -0.05) is 25.7 Å². The van der Waals surface area contributed by atoms with Crippen LogP contribution >= 0.6 is 0 Å². The Bertz CT molecular complexity index is 373. The number of nitrogens with two attached hydrogens (primary N) is 1. The molecule has 0 aromatic carbocycles. The van der Waals surface area contributed by atoms with Gasteiger partial charge >= 0.3 is 0 Å². The first kappa shape index (κ1) is 16.4. The van der Waals surface area contributed by atoms with Gasteiger partial charge in [-0.2, -0.15) is 0 Å². The third-order valence-electron chi connectivity index (χ3n) is 3.74. The van der Waals surface area contributed by atoms with E-state index in [2.05, 4.69) is 5.32 Å². The van der Waals surface area contributed by atoms with Crippen LogP contribution in [0, 0.1) is 0 Å². The highest BCUT2D eigenvalue weighted by atomic mass is 32.2. The van der Waals surface area contributed by atoms with Crippen molar-refractivity contribution in [2.24, 2.45) is 5.73 Å².